The predicted octanol–water partition coefficient (Wildman–Crippen LogP) is 2.39. The van der Waals surface area contributed by atoms with Crippen LogP contribution in [0.1, 0.15) is 36.5 Å². The molecule has 1 aromatic carbocycles. The quantitative estimate of drug-likeness (QED) is 0.822. The first-order valence-electron chi connectivity index (χ1n) is 6.72. The van der Waals surface area contributed by atoms with Crippen molar-refractivity contribution in [3.05, 3.63) is 35.4 Å². The monoisotopic (exact) mass is 242 g/mol. The molecule has 94 valence electrons. The van der Waals surface area contributed by atoms with E-state index in [1.807, 2.05) is 24.3 Å². The van der Waals surface area contributed by atoms with E-state index in [2.05, 4.69) is 11.4 Å². The molecule has 3 heteroatoms. The molecular weight excluding hydrogens is 224 g/mol. The van der Waals surface area contributed by atoms with Crippen LogP contribution in [0.5, 0.6) is 0 Å². The number of nitrogens with zero attached hydrogens (tertiary/aromatic N) is 1. The van der Waals surface area contributed by atoms with Crippen molar-refractivity contribution in [2.45, 2.75) is 31.4 Å². The highest BCUT2D eigenvalue weighted by atomic mass is 16.5. The van der Waals surface area contributed by atoms with Crippen molar-refractivity contribution < 1.29 is 4.74 Å². The van der Waals surface area contributed by atoms with E-state index in [1.165, 1.54) is 19.3 Å². The van der Waals surface area contributed by atoms with Crippen molar-refractivity contribution >= 4 is 0 Å². The Kier molecular flexibility index (Phi) is 3.31. The van der Waals surface area contributed by atoms with Gasteiger partial charge in [0, 0.05) is 12.6 Å². The lowest BCUT2D eigenvalue weighted by Crippen LogP contribution is -2.32. The molecule has 3 unspecified atom stereocenters. The molecule has 0 spiro atoms. The van der Waals surface area contributed by atoms with E-state index in [0.29, 0.717) is 17.5 Å². The molecule has 1 N–H and O–H groups in total. The van der Waals surface area contributed by atoms with Crippen LogP contribution in [0.4, 0.5) is 0 Å². The minimum absolute atomic E-state index is 0.0869. The maximum atomic E-state index is 8.94. The lowest BCUT2D eigenvalue weighted by atomic mass is 10.1. The Hall–Kier alpha value is -1.37. The molecule has 3 nitrogen and oxygen atoms in total. The highest BCUT2D eigenvalue weighted by Crippen LogP contribution is 2.31. The van der Waals surface area contributed by atoms with Crippen molar-refractivity contribution in [3.63, 3.8) is 0 Å². The van der Waals surface area contributed by atoms with Crippen LogP contribution in [0.15, 0.2) is 24.3 Å². The normalized spacial score (nSPS) is 31.4. The van der Waals surface area contributed by atoms with E-state index in [-0.39, 0.29) is 6.10 Å². The molecule has 3 atom stereocenters. The number of hydrogen-bond acceptors (Lipinski definition) is 3. The summed E-state index contributed by atoms with van der Waals surface area (Å²) in [6.45, 7) is 1.70. The second-order valence-electron chi connectivity index (χ2n) is 5.26. The van der Waals surface area contributed by atoms with E-state index in [0.717, 1.165) is 18.7 Å². The van der Waals surface area contributed by atoms with Gasteiger partial charge in [0.15, 0.2) is 0 Å². The molecular formula is C15H18N2O. The van der Waals surface area contributed by atoms with Gasteiger partial charge in [-0.2, -0.15) is 5.26 Å². The summed E-state index contributed by atoms with van der Waals surface area (Å²) < 4.78 is 6.03. The van der Waals surface area contributed by atoms with Gasteiger partial charge in [0.25, 0.3) is 0 Å². The Bertz CT molecular complexity index is 452. The second-order valence-corrected chi connectivity index (χ2v) is 5.26. The minimum atomic E-state index is 0.0869. The van der Waals surface area contributed by atoms with Gasteiger partial charge >= 0.3 is 0 Å². The van der Waals surface area contributed by atoms with Gasteiger partial charge in [-0.15, -0.1) is 0 Å². The van der Waals surface area contributed by atoms with Gasteiger partial charge in [0.2, 0.25) is 0 Å². The fourth-order valence-corrected chi connectivity index (χ4v) is 3.08. The summed E-state index contributed by atoms with van der Waals surface area (Å²) >= 11 is 0. The third kappa shape index (κ3) is 2.27. The largest absolute Gasteiger partial charge is 0.372 e. The minimum Gasteiger partial charge on any atom is -0.372 e. The summed E-state index contributed by atoms with van der Waals surface area (Å²) in [5.41, 5.74) is 1.82. The Labute approximate surface area is 108 Å². The molecule has 0 radical (unpaired) electrons. The van der Waals surface area contributed by atoms with Crippen molar-refractivity contribution in [1.82, 2.24) is 5.32 Å². The van der Waals surface area contributed by atoms with Crippen molar-refractivity contribution in [2.75, 3.05) is 13.2 Å². The number of hydrogen-bond donors (Lipinski definition) is 1. The van der Waals surface area contributed by atoms with Gasteiger partial charge in [-0.1, -0.05) is 18.6 Å². The zero-order valence-corrected chi connectivity index (χ0v) is 10.4. The third-order valence-corrected chi connectivity index (χ3v) is 4.12. The lowest BCUT2D eigenvalue weighted by molar-refractivity contribution is 0.0474. The van der Waals surface area contributed by atoms with Gasteiger partial charge < -0.3 is 10.1 Å². The second kappa shape index (κ2) is 5.09. The van der Waals surface area contributed by atoms with E-state index in [1.54, 1.807) is 0 Å². The van der Waals surface area contributed by atoms with Crippen molar-refractivity contribution in [3.8, 4) is 6.07 Å². The molecule has 2 aliphatic rings. The van der Waals surface area contributed by atoms with Crippen molar-refractivity contribution in [2.24, 2.45) is 5.92 Å². The Morgan fingerprint density at radius 1 is 1.33 bits per heavy atom. The number of nitriles is 1. The zero-order chi connectivity index (χ0) is 12.4. The van der Waals surface area contributed by atoms with Crippen LogP contribution in [0.25, 0.3) is 0 Å². The van der Waals surface area contributed by atoms with Crippen molar-refractivity contribution in [1.29, 1.82) is 5.26 Å². The van der Waals surface area contributed by atoms with Gasteiger partial charge in [-0.3, -0.25) is 0 Å². The first-order chi connectivity index (χ1) is 8.86. The Balaban J connectivity index is 1.75. The average molecular weight is 242 g/mol. The van der Waals surface area contributed by atoms with Gasteiger partial charge in [0.1, 0.15) is 0 Å². The molecule has 1 saturated carbocycles. The molecule has 1 aliphatic carbocycles. The topological polar surface area (TPSA) is 45.0 Å². The SMILES string of the molecule is N#Cc1cccc(C2CNC3CCCC3CO2)c1. The summed E-state index contributed by atoms with van der Waals surface area (Å²) in [4.78, 5) is 0. The van der Waals surface area contributed by atoms with E-state index < -0.39 is 0 Å². The van der Waals surface area contributed by atoms with Crippen LogP contribution in [0.3, 0.4) is 0 Å². The van der Waals surface area contributed by atoms with E-state index >= 15 is 0 Å². The van der Waals surface area contributed by atoms with Crippen LogP contribution in [0.2, 0.25) is 0 Å². The fraction of sp³-hybridized carbons (Fsp3) is 0.533. The average Bonchev–Trinajstić information content (AvgIpc) is 2.78. The Morgan fingerprint density at radius 2 is 2.28 bits per heavy atom. The van der Waals surface area contributed by atoms with Crippen LogP contribution in [-0.4, -0.2) is 19.2 Å². The predicted molar refractivity (Wildman–Crippen MR) is 69.0 cm³/mol. The number of fused-ring (bicyclic) bond motifs is 1. The van der Waals surface area contributed by atoms with Gasteiger partial charge in [0.05, 0.1) is 24.3 Å². The van der Waals surface area contributed by atoms with Crippen LogP contribution in [0, 0.1) is 17.2 Å². The zero-order valence-electron chi connectivity index (χ0n) is 10.4. The van der Waals surface area contributed by atoms with E-state index in [4.69, 9.17) is 10.00 Å². The highest BCUT2D eigenvalue weighted by molar-refractivity contribution is 5.34. The summed E-state index contributed by atoms with van der Waals surface area (Å²) in [5.74, 6) is 0.675. The van der Waals surface area contributed by atoms with E-state index in [9.17, 15) is 0 Å². The molecule has 1 aliphatic heterocycles. The molecule has 0 aromatic heterocycles. The molecule has 0 bridgehead atoms. The first kappa shape index (κ1) is 11.7. The molecule has 3 rings (SSSR count). The van der Waals surface area contributed by atoms with Crippen LogP contribution >= 0.6 is 0 Å². The highest BCUT2D eigenvalue weighted by Gasteiger charge is 2.31. The number of ether oxygens (including phenoxy) is 1. The van der Waals surface area contributed by atoms with Gasteiger partial charge in [-0.25, -0.2) is 0 Å². The molecule has 1 aromatic rings. The maximum Gasteiger partial charge on any atom is 0.0991 e. The molecule has 1 saturated heterocycles. The molecule has 1 heterocycles. The number of benzene rings is 1. The Morgan fingerprint density at radius 3 is 3.17 bits per heavy atom. The number of rotatable bonds is 1. The number of nitrogens with one attached hydrogen (secondary N) is 1. The maximum absolute atomic E-state index is 8.94. The van der Waals surface area contributed by atoms with Crippen LogP contribution < -0.4 is 5.32 Å². The molecule has 0 amide bonds. The first-order valence-corrected chi connectivity index (χ1v) is 6.72. The fourth-order valence-electron chi connectivity index (χ4n) is 3.08. The summed E-state index contributed by atoms with van der Waals surface area (Å²) in [5, 5.41) is 12.6. The standard InChI is InChI=1S/C15H18N2O/c16-8-11-3-1-4-12(7-11)15-9-17-14-6-2-5-13(14)10-18-15/h1,3-4,7,13-15,17H,2,5-6,9-10H2. The van der Waals surface area contributed by atoms with Crippen LogP contribution in [-0.2, 0) is 4.74 Å². The molecule has 2 fully saturated rings. The van der Waals surface area contributed by atoms with Gasteiger partial charge in [-0.05, 0) is 36.5 Å². The lowest BCUT2D eigenvalue weighted by Gasteiger charge is -2.16. The summed E-state index contributed by atoms with van der Waals surface area (Å²) in [6.07, 6.45) is 3.96. The smallest absolute Gasteiger partial charge is 0.0991 e. The molecule has 18 heavy (non-hydrogen) atoms. The summed E-state index contributed by atoms with van der Waals surface area (Å²) in [6, 6.07) is 10.6. The third-order valence-electron chi connectivity index (χ3n) is 4.12. The summed E-state index contributed by atoms with van der Waals surface area (Å²) in [7, 11) is 0.